The molecule has 14 heteroatoms. The fourth-order valence-corrected chi connectivity index (χ4v) is 4.50. The van der Waals surface area contributed by atoms with Crippen molar-refractivity contribution in [3.05, 3.63) is 125 Å². The quantitative estimate of drug-likeness (QED) is 0.224. The Morgan fingerprint density at radius 2 is 0.837 bits per heavy atom. The molecule has 0 N–H and O–H groups in total. The highest BCUT2D eigenvalue weighted by atomic mass is 16.5. The first-order valence-electron chi connectivity index (χ1n) is 15.3. The first-order valence-corrected chi connectivity index (χ1v) is 15.3. The standard InChI is InChI=1S/C17H16N4O2.2C9H10N4/c1-12-3-5-13(6-4-12)11-23-17(22)15-9-7-14(8-10-15)16-18-19-20-21(16)2;2*1-7-3-5-8(6-4-7)9-10-11-12-13(9)2/h3-10H,11H2,1-2H3;2*3-6H,1-2H3. The number of carbonyl (C=O) groups excluding carboxylic acids is 1. The molecule has 7 rings (SSSR count). The zero-order valence-electron chi connectivity index (χ0n) is 28.1. The predicted octanol–water partition coefficient (Wildman–Crippen LogP) is 4.91. The van der Waals surface area contributed by atoms with E-state index in [0.717, 1.165) is 33.9 Å². The van der Waals surface area contributed by atoms with Crippen molar-refractivity contribution in [2.75, 3.05) is 0 Å². The highest BCUT2D eigenvalue weighted by molar-refractivity contribution is 5.89. The van der Waals surface area contributed by atoms with E-state index in [9.17, 15) is 4.79 Å². The third-order valence-corrected chi connectivity index (χ3v) is 7.35. The van der Waals surface area contributed by atoms with Gasteiger partial charge in [-0.1, -0.05) is 102 Å². The monoisotopic (exact) mass is 656 g/mol. The van der Waals surface area contributed by atoms with Crippen LogP contribution in [0.2, 0.25) is 0 Å². The summed E-state index contributed by atoms with van der Waals surface area (Å²) in [6.45, 7) is 6.38. The van der Waals surface area contributed by atoms with Gasteiger partial charge in [0, 0.05) is 37.8 Å². The minimum absolute atomic E-state index is 0.258. The summed E-state index contributed by atoms with van der Waals surface area (Å²) < 4.78 is 10.2. The Kier molecular flexibility index (Phi) is 11.0. The molecule has 0 aliphatic heterocycles. The minimum atomic E-state index is -0.354. The molecule has 248 valence electrons. The largest absolute Gasteiger partial charge is 0.457 e. The molecule has 0 atom stereocenters. The van der Waals surface area contributed by atoms with Crippen LogP contribution in [-0.4, -0.2) is 66.6 Å². The molecule has 14 nitrogen and oxygen atoms in total. The highest BCUT2D eigenvalue weighted by Gasteiger charge is 2.10. The lowest BCUT2D eigenvalue weighted by Crippen LogP contribution is -2.05. The van der Waals surface area contributed by atoms with Gasteiger partial charge in [0.25, 0.3) is 0 Å². The number of benzene rings is 4. The predicted molar refractivity (Wildman–Crippen MR) is 182 cm³/mol. The van der Waals surface area contributed by atoms with Crippen LogP contribution in [0.15, 0.2) is 97.1 Å². The first-order chi connectivity index (χ1) is 23.7. The van der Waals surface area contributed by atoms with E-state index >= 15 is 0 Å². The number of hydrogen-bond acceptors (Lipinski definition) is 11. The van der Waals surface area contributed by atoms with Crippen LogP contribution >= 0.6 is 0 Å². The molecule has 4 aromatic carbocycles. The lowest BCUT2D eigenvalue weighted by molar-refractivity contribution is 0.0472. The summed E-state index contributed by atoms with van der Waals surface area (Å²) in [5.41, 5.74) is 8.03. The Bertz CT molecular complexity index is 2000. The molecule has 49 heavy (non-hydrogen) atoms. The molecule has 0 bridgehead atoms. The number of tetrazole rings is 3. The fourth-order valence-electron chi connectivity index (χ4n) is 4.50. The number of hydrogen-bond donors (Lipinski definition) is 0. The van der Waals surface area contributed by atoms with Gasteiger partial charge in [0.1, 0.15) is 6.61 Å². The summed E-state index contributed by atoms with van der Waals surface area (Å²) in [4.78, 5) is 12.1. The average Bonchev–Trinajstić information content (AvgIpc) is 3.87. The van der Waals surface area contributed by atoms with Crippen LogP contribution < -0.4 is 0 Å². The Balaban J connectivity index is 0.000000154. The molecule has 0 radical (unpaired) electrons. The second-order valence-electron chi connectivity index (χ2n) is 11.2. The van der Waals surface area contributed by atoms with E-state index in [4.69, 9.17) is 4.74 Å². The van der Waals surface area contributed by atoms with Gasteiger partial charge >= 0.3 is 5.97 Å². The number of aryl methyl sites for hydroxylation is 6. The number of carbonyl (C=O) groups is 1. The average molecular weight is 657 g/mol. The second-order valence-corrected chi connectivity index (χ2v) is 11.2. The first kappa shape index (κ1) is 33.9. The molecule has 3 heterocycles. The number of esters is 1. The summed E-state index contributed by atoms with van der Waals surface area (Å²) in [7, 11) is 5.42. The molecular weight excluding hydrogens is 620 g/mol. The molecule has 0 saturated carbocycles. The van der Waals surface area contributed by atoms with Crippen LogP contribution in [0.1, 0.15) is 32.6 Å². The molecule has 0 aliphatic carbocycles. The van der Waals surface area contributed by atoms with Gasteiger partial charge in [0.15, 0.2) is 17.5 Å². The molecule has 0 saturated heterocycles. The van der Waals surface area contributed by atoms with Crippen LogP contribution in [0.4, 0.5) is 0 Å². The highest BCUT2D eigenvalue weighted by Crippen LogP contribution is 2.18. The SMILES string of the molecule is Cc1ccc(-c2nnnn2C)cc1.Cc1ccc(-c2nnnn2C)cc1.Cc1ccc(COC(=O)c2ccc(-c3nnnn3C)cc2)cc1. The van der Waals surface area contributed by atoms with Crippen molar-refractivity contribution in [2.24, 2.45) is 21.1 Å². The van der Waals surface area contributed by atoms with Crippen molar-refractivity contribution in [3.8, 4) is 34.2 Å². The minimum Gasteiger partial charge on any atom is -0.457 e. The lowest BCUT2D eigenvalue weighted by Gasteiger charge is -2.06. The summed E-state index contributed by atoms with van der Waals surface area (Å²) >= 11 is 0. The van der Waals surface area contributed by atoms with Gasteiger partial charge in [0.05, 0.1) is 5.56 Å². The lowest BCUT2D eigenvalue weighted by atomic mass is 10.1. The third-order valence-electron chi connectivity index (χ3n) is 7.35. The van der Waals surface area contributed by atoms with Crippen LogP contribution in [0.25, 0.3) is 34.2 Å². The van der Waals surface area contributed by atoms with Crippen LogP contribution in [0, 0.1) is 20.8 Å². The Hall–Kier alpha value is -6.44. The van der Waals surface area contributed by atoms with Gasteiger partial charge < -0.3 is 4.74 Å². The number of rotatable bonds is 6. The van der Waals surface area contributed by atoms with Gasteiger partial charge in [-0.2, -0.15) is 0 Å². The third kappa shape index (κ3) is 9.10. The topological polar surface area (TPSA) is 157 Å². The number of nitrogens with zero attached hydrogens (tertiary/aromatic N) is 12. The summed E-state index contributed by atoms with van der Waals surface area (Å²) in [6.07, 6.45) is 0. The number of ether oxygens (including phenoxy) is 1. The van der Waals surface area contributed by atoms with E-state index in [2.05, 4.69) is 60.4 Å². The van der Waals surface area contributed by atoms with Gasteiger partial charge in [-0.3, -0.25) is 0 Å². The maximum atomic E-state index is 12.1. The summed E-state index contributed by atoms with van der Waals surface area (Å²) in [6, 6.07) is 31.1. The van der Waals surface area contributed by atoms with Gasteiger partial charge in [-0.05, 0) is 69.7 Å². The Morgan fingerprint density at radius 3 is 1.16 bits per heavy atom. The Morgan fingerprint density at radius 1 is 0.510 bits per heavy atom. The van der Waals surface area contributed by atoms with Crippen molar-refractivity contribution in [1.82, 2.24) is 60.6 Å². The van der Waals surface area contributed by atoms with E-state index in [0.29, 0.717) is 11.4 Å². The molecule has 0 spiro atoms. The van der Waals surface area contributed by atoms with Crippen LogP contribution in [0.5, 0.6) is 0 Å². The summed E-state index contributed by atoms with van der Waals surface area (Å²) in [5.74, 6) is 1.87. The molecule has 0 amide bonds. The maximum absolute atomic E-state index is 12.1. The molecule has 7 aromatic rings. The zero-order valence-corrected chi connectivity index (χ0v) is 28.1. The van der Waals surface area contributed by atoms with Crippen molar-refractivity contribution in [2.45, 2.75) is 27.4 Å². The van der Waals surface area contributed by atoms with Crippen molar-refractivity contribution >= 4 is 5.97 Å². The van der Waals surface area contributed by atoms with E-state index in [1.165, 1.54) is 16.7 Å². The second kappa shape index (κ2) is 15.9. The van der Waals surface area contributed by atoms with Gasteiger partial charge in [-0.15, -0.1) is 15.3 Å². The smallest absolute Gasteiger partial charge is 0.338 e. The van der Waals surface area contributed by atoms with E-state index in [1.807, 2.05) is 93.8 Å². The van der Waals surface area contributed by atoms with E-state index in [1.54, 1.807) is 45.4 Å². The maximum Gasteiger partial charge on any atom is 0.338 e. The number of aromatic nitrogens is 12. The molecular formula is C35H36N12O2. The summed E-state index contributed by atoms with van der Waals surface area (Å²) in [5, 5.41) is 33.9. The van der Waals surface area contributed by atoms with Crippen LogP contribution in [0.3, 0.4) is 0 Å². The molecule has 0 aliphatic rings. The van der Waals surface area contributed by atoms with Gasteiger partial charge in [0.2, 0.25) is 0 Å². The molecule has 3 aromatic heterocycles. The van der Waals surface area contributed by atoms with Crippen molar-refractivity contribution in [1.29, 1.82) is 0 Å². The fraction of sp³-hybridized carbons (Fsp3) is 0.200. The van der Waals surface area contributed by atoms with Crippen LogP contribution in [-0.2, 0) is 32.5 Å². The molecule has 0 fully saturated rings. The molecule has 0 unspecified atom stereocenters. The van der Waals surface area contributed by atoms with Crippen molar-refractivity contribution < 1.29 is 9.53 Å². The van der Waals surface area contributed by atoms with Gasteiger partial charge in [-0.25, -0.2) is 18.8 Å². The van der Waals surface area contributed by atoms with Crippen molar-refractivity contribution in [3.63, 3.8) is 0 Å². The normalized spacial score (nSPS) is 10.4. The Labute approximate surface area is 283 Å². The zero-order chi connectivity index (χ0) is 34.8. The van der Waals surface area contributed by atoms with E-state index < -0.39 is 0 Å². The van der Waals surface area contributed by atoms with E-state index in [-0.39, 0.29) is 12.6 Å².